The van der Waals surface area contributed by atoms with Crippen LogP contribution in [0.15, 0.2) is 40.9 Å². The van der Waals surface area contributed by atoms with Crippen LogP contribution in [0.2, 0.25) is 0 Å². The Morgan fingerprint density at radius 1 is 1.24 bits per heavy atom. The van der Waals surface area contributed by atoms with E-state index in [1.54, 1.807) is 6.07 Å². The number of nitrogens with two attached hydrogens (primary N) is 1. The summed E-state index contributed by atoms with van der Waals surface area (Å²) in [4.78, 5) is 0. The molecule has 2 rings (SSSR count). The zero-order valence-electron chi connectivity index (χ0n) is 9.30. The fourth-order valence-corrected chi connectivity index (χ4v) is 1.93. The standard InChI is InChI=1S/C13H12BrFN2/c1-8-3-2-4-11(16)13(8)17-12-7-9(15)5-6-10(12)14/h2-7,17H,16H2,1H3. The molecule has 0 fully saturated rings. The third-order valence-electron chi connectivity index (χ3n) is 2.49. The molecule has 0 aliphatic heterocycles. The van der Waals surface area contributed by atoms with Crippen molar-refractivity contribution >= 4 is 33.0 Å². The maximum absolute atomic E-state index is 13.2. The van der Waals surface area contributed by atoms with Gasteiger partial charge in [0.25, 0.3) is 0 Å². The summed E-state index contributed by atoms with van der Waals surface area (Å²) in [6.45, 7) is 1.95. The molecule has 3 N–H and O–H groups in total. The molecule has 0 amide bonds. The zero-order valence-corrected chi connectivity index (χ0v) is 10.9. The maximum Gasteiger partial charge on any atom is 0.125 e. The van der Waals surface area contributed by atoms with Crippen LogP contribution < -0.4 is 11.1 Å². The van der Waals surface area contributed by atoms with Crippen molar-refractivity contribution in [1.82, 2.24) is 0 Å². The van der Waals surface area contributed by atoms with Crippen LogP contribution in [0, 0.1) is 12.7 Å². The Morgan fingerprint density at radius 2 is 2.00 bits per heavy atom. The molecule has 0 atom stereocenters. The highest BCUT2D eigenvalue weighted by Crippen LogP contribution is 2.31. The predicted molar refractivity (Wildman–Crippen MR) is 73.0 cm³/mol. The van der Waals surface area contributed by atoms with Crippen molar-refractivity contribution in [2.24, 2.45) is 0 Å². The maximum atomic E-state index is 13.2. The fourth-order valence-electron chi connectivity index (χ4n) is 1.59. The number of aryl methyl sites for hydroxylation is 1. The van der Waals surface area contributed by atoms with Crippen molar-refractivity contribution in [2.75, 3.05) is 11.1 Å². The summed E-state index contributed by atoms with van der Waals surface area (Å²) in [6, 6.07) is 10.1. The fraction of sp³-hybridized carbons (Fsp3) is 0.0769. The number of para-hydroxylation sites is 1. The first-order valence-electron chi connectivity index (χ1n) is 5.15. The third kappa shape index (κ3) is 2.58. The lowest BCUT2D eigenvalue weighted by molar-refractivity contribution is 0.628. The van der Waals surface area contributed by atoms with E-state index < -0.39 is 0 Å². The molecule has 0 aromatic heterocycles. The average molecular weight is 295 g/mol. The van der Waals surface area contributed by atoms with Gasteiger partial charge in [-0.15, -0.1) is 0 Å². The molecule has 2 aromatic rings. The highest BCUT2D eigenvalue weighted by atomic mass is 79.9. The molecule has 0 saturated carbocycles. The van der Waals surface area contributed by atoms with Crippen LogP contribution in [0.1, 0.15) is 5.56 Å². The largest absolute Gasteiger partial charge is 0.397 e. The van der Waals surface area contributed by atoms with E-state index in [2.05, 4.69) is 21.2 Å². The number of rotatable bonds is 2. The molecule has 0 aliphatic rings. The number of benzene rings is 2. The minimum Gasteiger partial charge on any atom is -0.397 e. The Balaban J connectivity index is 2.41. The molecule has 0 aliphatic carbocycles. The van der Waals surface area contributed by atoms with Gasteiger partial charge in [0.2, 0.25) is 0 Å². The molecule has 0 unspecified atom stereocenters. The topological polar surface area (TPSA) is 38.0 Å². The zero-order chi connectivity index (χ0) is 12.4. The van der Waals surface area contributed by atoms with E-state index in [1.165, 1.54) is 12.1 Å². The van der Waals surface area contributed by atoms with Crippen LogP contribution in [0.5, 0.6) is 0 Å². The van der Waals surface area contributed by atoms with Crippen molar-refractivity contribution in [3.05, 3.63) is 52.3 Å². The molecule has 0 bridgehead atoms. The molecule has 0 heterocycles. The van der Waals surface area contributed by atoms with E-state index >= 15 is 0 Å². The normalized spacial score (nSPS) is 10.3. The van der Waals surface area contributed by atoms with Gasteiger partial charge in [-0.2, -0.15) is 0 Å². The number of nitrogen functional groups attached to an aromatic ring is 1. The Bertz CT molecular complexity index is 535. The third-order valence-corrected chi connectivity index (χ3v) is 3.18. The summed E-state index contributed by atoms with van der Waals surface area (Å²) in [5.74, 6) is -0.289. The van der Waals surface area contributed by atoms with E-state index in [0.717, 1.165) is 15.7 Å². The molecule has 4 heteroatoms. The predicted octanol–water partition coefficient (Wildman–Crippen LogP) is 4.22. The highest BCUT2D eigenvalue weighted by Gasteiger charge is 2.06. The summed E-state index contributed by atoms with van der Waals surface area (Å²) in [6.07, 6.45) is 0. The van der Waals surface area contributed by atoms with Crippen LogP contribution in [0.3, 0.4) is 0 Å². The molecule has 0 saturated heterocycles. The first-order valence-corrected chi connectivity index (χ1v) is 5.94. The summed E-state index contributed by atoms with van der Waals surface area (Å²) in [5.41, 5.74) is 9.00. The molecule has 88 valence electrons. The van der Waals surface area contributed by atoms with Crippen LogP contribution in [0.4, 0.5) is 21.5 Å². The van der Waals surface area contributed by atoms with Crippen LogP contribution >= 0.6 is 15.9 Å². The van der Waals surface area contributed by atoms with Gasteiger partial charge >= 0.3 is 0 Å². The molecular weight excluding hydrogens is 283 g/mol. The minimum atomic E-state index is -0.289. The van der Waals surface area contributed by atoms with Gasteiger partial charge in [-0.05, 0) is 52.7 Å². The van der Waals surface area contributed by atoms with Crippen LogP contribution in [0.25, 0.3) is 0 Å². The van der Waals surface area contributed by atoms with E-state index in [1.807, 2.05) is 25.1 Å². The minimum absolute atomic E-state index is 0.289. The molecule has 0 radical (unpaired) electrons. The first-order chi connectivity index (χ1) is 8.08. The summed E-state index contributed by atoms with van der Waals surface area (Å²) in [5, 5.41) is 3.14. The second kappa shape index (κ2) is 4.75. The molecular formula is C13H12BrFN2. The Kier molecular flexibility index (Phi) is 3.33. The van der Waals surface area contributed by atoms with Crippen molar-refractivity contribution in [3.8, 4) is 0 Å². The van der Waals surface area contributed by atoms with Gasteiger partial charge in [-0.25, -0.2) is 4.39 Å². The van der Waals surface area contributed by atoms with E-state index in [-0.39, 0.29) is 5.82 Å². The monoisotopic (exact) mass is 294 g/mol. The van der Waals surface area contributed by atoms with Crippen molar-refractivity contribution in [2.45, 2.75) is 6.92 Å². The number of halogens is 2. The van der Waals surface area contributed by atoms with Crippen molar-refractivity contribution in [3.63, 3.8) is 0 Å². The number of nitrogens with one attached hydrogen (secondary N) is 1. The lowest BCUT2D eigenvalue weighted by atomic mass is 10.1. The number of anilines is 3. The van der Waals surface area contributed by atoms with E-state index in [9.17, 15) is 4.39 Å². The quantitative estimate of drug-likeness (QED) is 0.814. The SMILES string of the molecule is Cc1cccc(N)c1Nc1cc(F)ccc1Br. The van der Waals surface area contributed by atoms with E-state index in [0.29, 0.717) is 11.4 Å². The Morgan fingerprint density at radius 3 is 2.71 bits per heavy atom. The summed E-state index contributed by atoms with van der Waals surface area (Å²) < 4.78 is 14.0. The van der Waals surface area contributed by atoms with Gasteiger partial charge in [0.1, 0.15) is 5.82 Å². The van der Waals surface area contributed by atoms with Gasteiger partial charge in [0.15, 0.2) is 0 Å². The molecule has 2 nitrogen and oxygen atoms in total. The lowest BCUT2D eigenvalue weighted by Gasteiger charge is -2.13. The van der Waals surface area contributed by atoms with Crippen molar-refractivity contribution in [1.29, 1.82) is 0 Å². The van der Waals surface area contributed by atoms with Gasteiger partial charge < -0.3 is 11.1 Å². The number of hydrogen-bond acceptors (Lipinski definition) is 2. The second-order valence-corrected chi connectivity index (χ2v) is 4.64. The molecule has 2 aromatic carbocycles. The smallest absolute Gasteiger partial charge is 0.125 e. The second-order valence-electron chi connectivity index (χ2n) is 3.79. The summed E-state index contributed by atoms with van der Waals surface area (Å²) >= 11 is 3.37. The average Bonchev–Trinajstić information content (AvgIpc) is 2.28. The molecule has 0 spiro atoms. The van der Waals surface area contributed by atoms with Crippen LogP contribution in [-0.2, 0) is 0 Å². The van der Waals surface area contributed by atoms with Crippen LogP contribution in [-0.4, -0.2) is 0 Å². The van der Waals surface area contributed by atoms with E-state index in [4.69, 9.17) is 5.73 Å². The van der Waals surface area contributed by atoms with Crippen molar-refractivity contribution < 1.29 is 4.39 Å². The highest BCUT2D eigenvalue weighted by molar-refractivity contribution is 9.10. The van der Waals surface area contributed by atoms with Gasteiger partial charge in [0, 0.05) is 4.47 Å². The van der Waals surface area contributed by atoms with Gasteiger partial charge in [-0.3, -0.25) is 0 Å². The first kappa shape index (κ1) is 11.9. The lowest BCUT2D eigenvalue weighted by Crippen LogP contribution is -1.99. The Hall–Kier alpha value is -1.55. The Labute approximate surface area is 108 Å². The number of hydrogen-bond donors (Lipinski definition) is 2. The van der Waals surface area contributed by atoms with Gasteiger partial charge in [-0.1, -0.05) is 12.1 Å². The summed E-state index contributed by atoms with van der Waals surface area (Å²) in [7, 11) is 0. The molecule has 17 heavy (non-hydrogen) atoms. The van der Waals surface area contributed by atoms with Gasteiger partial charge in [0.05, 0.1) is 17.1 Å².